The SMILES string of the molecule is CC(C)N1CCC(CNC(=O)CC2CC3CCC(C2)N3)C1. The number of nitrogens with one attached hydrogen (secondary N) is 2. The van der Waals surface area contributed by atoms with Crippen LogP contribution in [0.5, 0.6) is 0 Å². The number of amides is 1. The van der Waals surface area contributed by atoms with E-state index in [-0.39, 0.29) is 5.91 Å². The van der Waals surface area contributed by atoms with E-state index in [1.807, 2.05) is 0 Å². The molecule has 21 heavy (non-hydrogen) atoms. The fraction of sp³-hybridized carbons (Fsp3) is 0.941. The van der Waals surface area contributed by atoms with Crippen LogP contribution in [0.4, 0.5) is 0 Å². The molecular weight excluding hydrogens is 262 g/mol. The molecule has 3 rings (SSSR count). The molecule has 1 amide bonds. The zero-order chi connectivity index (χ0) is 14.8. The van der Waals surface area contributed by atoms with Crippen molar-refractivity contribution in [3.63, 3.8) is 0 Å². The van der Waals surface area contributed by atoms with E-state index >= 15 is 0 Å². The van der Waals surface area contributed by atoms with Gasteiger partial charge in [-0.2, -0.15) is 0 Å². The molecule has 0 aromatic carbocycles. The first-order chi connectivity index (χ1) is 10.1. The maximum Gasteiger partial charge on any atom is 0.220 e. The summed E-state index contributed by atoms with van der Waals surface area (Å²) in [5.74, 6) is 1.55. The fourth-order valence-corrected chi connectivity index (χ4v) is 4.43. The van der Waals surface area contributed by atoms with Crippen molar-refractivity contribution in [1.29, 1.82) is 0 Å². The highest BCUT2D eigenvalue weighted by atomic mass is 16.1. The topological polar surface area (TPSA) is 44.4 Å². The first-order valence-electron chi connectivity index (χ1n) is 8.87. The molecule has 0 radical (unpaired) electrons. The molecule has 3 aliphatic heterocycles. The van der Waals surface area contributed by atoms with Crippen molar-refractivity contribution in [3.05, 3.63) is 0 Å². The third-order valence-corrected chi connectivity index (χ3v) is 5.68. The Kier molecular flexibility index (Phi) is 4.85. The van der Waals surface area contributed by atoms with Gasteiger partial charge >= 0.3 is 0 Å². The third kappa shape index (κ3) is 3.98. The van der Waals surface area contributed by atoms with Crippen LogP contribution in [0.1, 0.15) is 52.4 Å². The predicted octanol–water partition coefficient (Wildman–Crippen LogP) is 1.75. The van der Waals surface area contributed by atoms with Crippen molar-refractivity contribution < 1.29 is 4.79 Å². The van der Waals surface area contributed by atoms with E-state index in [9.17, 15) is 4.79 Å². The lowest BCUT2D eigenvalue weighted by Crippen LogP contribution is -2.40. The summed E-state index contributed by atoms with van der Waals surface area (Å²) < 4.78 is 0. The molecule has 0 aromatic heterocycles. The first-order valence-corrected chi connectivity index (χ1v) is 8.87. The first kappa shape index (κ1) is 15.3. The second-order valence-electron chi connectivity index (χ2n) is 7.73. The van der Waals surface area contributed by atoms with Gasteiger partial charge in [0.25, 0.3) is 0 Å². The number of fused-ring (bicyclic) bond motifs is 2. The van der Waals surface area contributed by atoms with Gasteiger partial charge in [-0.1, -0.05) is 0 Å². The van der Waals surface area contributed by atoms with Gasteiger partial charge in [-0.25, -0.2) is 0 Å². The minimum Gasteiger partial charge on any atom is -0.356 e. The molecule has 4 nitrogen and oxygen atoms in total. The molecule has 3 saturated heterocycles. The molecule has 2 N–H and O–H groups in total. The number of rotatable bonds is 5. The maximum absolute atomic E-state index is 12.2. The fourth-order valence-electron chi connectivity index (χ4n) is 4.43. The number of hydrogen-bond acceptors (Lipinski definition) is 3. The van der Waals surface area contributed by atoms with Crippen molar-refractivity contribution in [3.8, 4) is 0 Å². The van der Waals surface area contributed by atoms with Crippen LogP contribution in [0.25, 0.3) is 0 Å². The number of piperidine rings is 1. The summed E-state index contributed by atoms with van der Waals surface area (Å²) in [5, 5.41) is 6.84. The quantitative estimate of drug-likeness (QED) is 0.812. The zero-order valence-corrected chi connectivity index (χ0v) is 13.6. The van der Waals surface area contributed by atoms with Crippen LogP contribution in [-0.4, -0.2) is 48.6 Å². The summed E-state index contributed by atoms with van der Waals surface area (Å²) in [5.41, 5.74) is 0. The predicted molar refractivity (Wildman–Crippen MR) is 85.1 cm³/mol. The molecule has 0 spiro atoms. The number of hydrogen-bond donors (Lipinski definition) is 2. The third-order valence-electron chi connectivity index (χ3n) is 5.68. The van der Waals surface area contributed by atoms with Gasteiger partial charge in [0.2, 0.25) is 5.91 Å². The van der Waals surface area contributed by atoms with Crippen LogP contribution in [0, 0.1) is 11.8 Å². The van der Waals surface area contributed by atoms with Crippen LogP contribution in [0.2, 0.25) is 0 Å². The molecule has 3 unspecified atom stereocenters. The normalized spacial score (nSPS) is 36.3. The smallest absolute Gasteiger partial charge is 0.220 e. The van der Waals surface area contributed by atoms with Crippen LogP contribution in [0.3, 0.4) is 0 Å². The van der Waals surface area contributed by atoms with Gasteiger partial charge in [0, 0.05) is 37.6 Å². The Balaban J connectivity index is 1.35. The number of carbonyl (C=O) groups excluding carboxylic acids is 1. The lowest BCUT2D eigenvalue weighted by Gasteiger charge is -2.28. The summed E-state index contributed by atoms with van der Waals surface area (Å²) in [4.78, 5) is 14.7. The molecule has 4 heteroatoms. The van der Waals surface area contributed by atoms with Crippen molar-refractivity contribution >= 4 is 5.91 Å². The molecule has 0 saturated carbocycles. The van der Waals surface area contributed by atoms with Gasteiger partial charge in [0.15, 0.2) is 0 Å². The van der Waals surface area contributed by atoms with Gasteiger partial charge in [0.1, 0.15) is 0 Å². The van der Waals surface area contributed by atoms with Gasteiger partial charge in [0.05, 0.1) is 0 Å². The monoisotopic (exact) mass is 293 g/mol. The van der Waals surface area contributed by atoms with Crippen LogP contribution < -0.4 is 10.6 Å². The van der Waals surface area contributed by atoms with Crippen molar-refractivity contribution in [2.45, 2.75) is 70.5 Å². The summed E-state index contributed by atoms with van der Waals surface area (Å²) in [6.07, 6.45) is 7.01. The van der Waals surface area contributed by atoms with Crippen LogP contribution in [-0.2, 0) is 4.79 Å². The summed E-state index contributed by atoms with van der Waals surface area (Å²) in [6.45, 7) is 7.73. The lowest BCUT2D eigenvalue weighted by molar-refractivity contribution is -0.122. The summed E-state index contributed by atoms with van der Waals surface area (Å²) in [6, 6.07) is 2.02. The molecule has 3 heterocycles. The van der Waals surface area contributed by atoms with E-state index in [1.165, 1.54) is 38.6 Å². The van der Waals surface area contributed by atoms with Crippen molar-refractivity contribution in [2.75, 3.05) is 19.6 Å². The average molecular weight is 293 g/mol. The van der Waals surface area contributed by atoms with E-state index in [0.717, 1.165) is 19.5 Å². The van der Waals surface area contributed by atoms with Crippen molar-refractivity contribution in [2.24, 2.45) is 11.8 Å². The van der Waals surface area contributed by atoms with Gasteiger partial charge < -0.3 is 15.5 Å². The second kappa shape index (κ2) is 6.66. The highest BCUT2D eigenvalue weighted by Gasteiger charge is 2.34. The Morgan fingerprint density at radius 3 is 2.52 bits per heavy atom. The van der Waals surface area contributed by atoms with E-state index in [1.54, 1.807) is 0 Å². The largest absolute Gasteiger partial charge is 0.356 e. The Hall–Kier alpha value is -0.610. The van der Waals surface area contributed by atoms with Gasteiger partial charge in [-0.05, 0) is 64.3 Å². The standard InChI is InChI=1S/C17H31N3O/c1-12(2)20-6-5-13(11-20)10-18-17(21)9-14-7-15-3-4-16(8-14)19-15/h12-16,19H,3-11H2,1-2H3,(H,18,21). The van der Waals surface area contributed by atoms with E-state index in [2.05, 4.69) is 29.4 Å². The summed E-state index contributed by atoms with van der Waals surface area (Å²) >= 11 is 0. The number of nitrogens with zero attached hydrogens (tertiary/aromatic N) is 1. The van der Waals surface area contributed by atoms with E-state index in [4.69, 9.17) is 0 Å². The molecule has 3 fully saturated rings. The highest BCUT2D eigenvalue weighted by molar-refractivity contribution is 5.76. The minimum atomic E-state index is 0.282. The van der Waals surface area contributed by atoms with Crippen LogP contribution in [0.15, 0.2) is 0 Å². The van der Waals surface area contributed by atoms with Crippen LogP contribution >= 0.6 is 0 Å². The second-order valence-corrected chi connectivity index (χ2v) is 7.73. The molecule has 2 bridgehead atoms. The minimum absolute atomic E-state index is 0.282. The molecular formula is C17H31N3O. The zero-order valence-electron chi connectivity index (χ0n) is 13.6. The number of carbonyl (C=O) groups is 1. The van der Waals surface area contributed by atoms with Crippen molar-refractivity contribution in [1.82, 2.24) is 15.5 Å². The number of likely N-dealkylation sites (tertiary alicyclic amines) is 1. The molecule has 0 aliphatic carbocycles. The summed E-state index contributed by atoms with van der Waals surface area (Å²) in [7, 11) is 0. The Labute approximate surface area is 129 Å². The lowest BCUT2D eigenvalue weighted by atomic mass is 9.89. The van der Waals surface area contributed by atoms with E-state index in [0.29, 0.717) is 30.0 Å². The Morgan fingerprint density at radius 1 is 1.19 bits per heavy atom. The molecule has 120 valence electrons. The Bertz CT molecular complexity index is 359. The molecule has 3 atom stereocenters. The van der Waals surface area contributed by atoms with Gasteiger partial charge in [-0.3, -0.25) is 4.79 Å². The van der Waals surface area contributed by atoms with E-state index < -0.39 is 0 Å². The van der Waals surface area contributed by atoms with Gasteiger partial charge in [-0.15, -0.1) is 0 Å². The molecule has 3 aliphatic rings. The molecule has 0 aromatic rings. The Morgan fingerprint density at radius 2 is 1.90 bits per heavy atom. The highest BCUT2D eigenvalue weighted by Crippen LogP contribution is 2.32. The maximum atomic E-state index is 12.2. The average Bonchev–Trinajstić information content (AvgIpc) is 3.03.